The van der Waals surface area contributed by atoms with Crippen LogP contribution >= 0.6 is 0 Å². The van der Waals surface area contributed by atoms with E-state index in [9.17, 15) is 0 Å². The Balaban J connectivity index is 1.93. The number of aromatic nitrogens is 3. The molecule has 0 aliphatic carbocycles. The molecule has 0 bridgehead atoms. The number of likely N-dealkylation sites (tertiary alicyclic amines) is 1. The van der Waals surface area contributed by atoms with Gasteiger partial charge in [0, 0.05) is 12.6 Å². The highest BCUT2D eigenvalue weighted by Gasteiger charge is 2.22. The molecule has 0 aromatic carbocycles. The van der Waals surface area contributed by atoms with E-state index in [1.165, 1.54) is 19.4 Å². The summed E-state index contributed by atoms with van der Waals surface area (Å²) in [5, 5.41) is 3.17. The first-order valence-corrected chi connectivity index (χ1v) is 5.94. The lowest BCUT2D eigenvalue weighted by molar-refractivity contribution is 0.277. The number of nitrogen functional groups attached to an aromatic ring is 2. The zero-order chi connectivity index (χ0) is 12.3. The second kappa shape index (κ2) is 5.13. The Kier molecular flexibility index (Phi) is 3.58. The molecule has 0 radical (unpaired) electrons. The molecule has 1 aromatic heterocycles. The third-order valence-electron chi connectivity index (χ3n) is 3.07. The third-order valence-corrected chi connectivity index (χ3v) is 3.07. The molecule has 1 unspecified atom stereocenters. The second-order valence-corrected chi connectivity index (χ2v) is 4.18. The molecule has 7 nitrogen and oxygen atoms in total. The number of nitrogens with two attached hydrogens (primary N) is 2. The molecule has 1 atom stereocenters. The van der Waals surface area contributed by atoms with Crippen molar-refractivity contribution >= 4 is 17.8 Å². The van der Waals surface area contributed by atoms with Crippen LogP contribution in [0.15, 0.2) is 0 Å². The molecule has 1 aliphatic heterocycles. The maximum atomic E-state index is 5.50. The molecule has 0 amide bonds. The van der Waals surface area contributed by atoms with Crippen molar-refractivity contribution in [3.8, 4) is 0 Å². The van der Waals surface area contributed by atoms with E-state index in [1.807, 2.05) is 0 Å². The molecular formula is C10H19N7. The van der Waals surface area contributed by atoms with Gasteiger partial charge < -0.3 is 16.8 Å². The van der Waals surface area contributed by atoms with E-state index in [2.05, 4.69) is 32.1 Å². The van der Waals surface area contributed by atoms with Crippen LogP contribution in [0.2, 0.25) is 0 Å². The highest BCUT2D eigenvalue weighted by Crippen LogP contribution is 2.16. The van der Waals surface area contributed by atoms with Gasteiger partial charge in [-0.15, -0.1) is 0 Å². The van der Waals surface area contributed by atoms with Gasteiger partial charge in [0.25, 0.3) is 0 Å². The van der Waals surface area contributed by atoms with Gasteiger partial charge in [-0.2, -0.15) is 15.0 Å². The molecule has 1 aromatic rings. The van der Waals surface area contributed by atoms with Crippen LogP contribution < -0.4 is 16.8 Å². The van der Waals surface area contributed by atoms with Gasteiger partial charge >= 0.3 is 0 Å². The molecule has 1 fully saturated rings. The smallest absolute Gasteiger partial charge is 0.229 e. The number of nitrogens with one attached hydrogen (secondary N) is 1. The minimum absolute atomic E-state index is 0.152. The SMILES string of the molecule is CCN1CCCC1CNc1nc(N)nc(N)n1. The van der Waals surface area contributed by atoms with E-state index in [0.29, 0.717) is 12.0 Å². The summed E-state index contributed by atoms with van der Waals surface area (Å²) in [6.45, 7) is 5.24. The maximum Gasteiger partial charge on any atom is 0.229 e. The summed E-state index contributed by atoms with van der Waals surface area (Å²) in [5.41, 5.74) is 11.0. The second-order valence-electron chi connectivity index (χ2n) is 4.18. The lowest BCUT2D eigenvalue weighted by Crippen LogP contribution is -2.35. The largest absolute Gasteiger partial charge is 0.368 e. The van der Waals surface area contributed by atoms with Gasteiger partial charge in [0.2, 0.25) is 17.8 Å². The van der Waals surface area contributed by atoms with Crippen LogP contribution in [0.4, 0.5) is 17.8 Å². The fourth-order valence-corrected chi connectivity index (χ4v) is 2.24. The molecule has 1 aliphatic rings. The maximum absolute atomic E-state index is 5.50. The molecule has 0 saturated carbocycles. The Morgan fingerprint density at radius 2 is 2.00 bits per heavy atom. The van der Waals surface area contributed by atoms with Crippen LogP contribution in [0.3, 0.4) is 0 Å². The molecule has 2 heterocycles. The zero-order valence-corrected chi connectivity index (χ0v) is 10.1. The van der Waals surface area contributed by atoms with Crippen molar-refractivity contribution in [3.63, 3.8) is 0 Å². The average Bonchev–Trinajstić information content (AvgIpc) is 2.72. The van der Waals surface area contributed by atoms with E-state index in [4.69, 9.17) is 11.5 Å². The minimum atomic E-state index is 0.152. The van der Waals surface area contributed by atoms with Crippen molar-refractivity contribution in [3.05, 3.63) is 0 Å². The fraction of sp³-hybridized carbons (Fsp3) is 0.700. The molecule has 2 rings (SSSR count). The molecule has 0 spiro atoms. The Morgan fingerprint density at radius 3 is 2.65 bits per heavy atom. The first-order valence-electron chi connectivity index (χ1n) is 5.94. The topological polar surface area (TPSA) is 106 Å². The van der Waals surface area contributed by atoms with Crippen molar-refractivity contribution in [2.45, 2.75) is 25.8 Å². The predicted octanol–water partition coefficient (Wildman–Crippen LogP) is -0.0678. The average molecular weight is 237 g/mol. The first kappa shape index (κ1) is 11.8. The van der Waals surface area contributed by atoms with E-state index in [1.54, 1.807) is 0 Å². The van der Waals surface area contributed by atoms with Crippen molar-refractivity contribution in [2.75, 3.05) is 36.4 Å². The van der Waals surface area contributed by atoms with E-state index in [-0.39, 0.29) is 11.9 Å². The highest BCUT2D eigenvalue weighted by molar-refractivity contribution is 5.37. The fourth-order valence-electron chi connectivity index (χ4n) is 2.24. The third kappa shape index (κ3) is 2.94. The monoisotopic (exact) mass is 237 g/mol. The number of hydrogen-bond acceptors (Lipinski definition) is 7. The normalized spacial score (nSPS) is 20.6. The summed E-state index contributed by atoms with van der Waals surface area (Å²) in [5.74, 6) is 0.760. The number of hydrogen-bond donors (Lipinski definition) is 3. The molecule has 1 saturated heterocycles. The van der Waals surface area contributed by atoms with Crippen LogP contribution in [-0.2, 0) is 0 Å². The number of nitrogens with zero attached hydrogens (tertiary/aromatic N) is 4. The van der Waals surface area contributed by atoms with Crippen LogP contribution in [0.1, 0.15) is 19.8 Å². The summed E-state index contributed by atoms with van der Waals surface area (Å²) in [7, 11) is 0. The molecule has 7 heteroatoms. The molecule has 94 valence electrons. The van der Waals surface area contributed by atoms with Crippen LogP contribution in [0.25, 0.3) is 0 Å². The zero-order valence-electron chi connectivity index (χ0n) is 10.1. The standard InChI is InChI=1S/C10H19N7/c1-2-17-5-3-4-7(17)6-13-10-15-8(11)14-9(12)16-10/h7H,2-6H2,1H3,(H5,11,12,13,14,15,16). The van der Waals surface area contributed by atoms with Crippen molar-refractivity contribution in [1.29, 1.82) is 0 Å². The van der Waals surface area contributed by atoms with Crippen molar-refractivity contribution < 1.29 is 0 Å². The van der Waals surface area contributed by atoms with Crippen molar-refractivity contribution in [2.24, 2.45) is 0 Å². The quantitative estimate of drug-likeness (QED) is 0.673. The molecule has 5 N–H and O–H groups in total. The Labute approximate surface area is 101 Å². The molecular weight excluding hydrogens is 218 g/mol. The lowest BCUT2D eigenvalue weighted by atomic mass is 10.2. The van der Waals surface area contributed by atoms with Gasteiger partial charge in [-0.25, -0.2) is 0 Å². The van der Waals surface area contributed by atoms with Gasteiger partial charge in [-0.3, -0.25) is 4.90 Å². The predicted molar refractivity (Wildman–Crippen MR) is 67.4 cm³/mol. The Bertz CT molecular complexity index is 361. The summed E-state index contributed by atoms with van der Waals surface area (Å²) in [6, 6.07) is 0.541. The Morgan fingerprint density at radius 1 is 1.29 bits per heavy atom. The van der Waals surface area contributed by atoms with E-state index in [0.717, 1.165) is 13.1 Å². The first-order chi connectivity index (χ1) is 8.19. The number of rotatable bonds is 4. The van der Waals surface area contributed by atoms with Crippen molar-refractivity contribution in [1.82, 2.24) is 19.9 Å². The van der Waals surface area contributed by atoms with Crippen LogP contribution in [0.5, 0.6) is 0 Å². The Hall–Kier alpha value is -1.63. The number of anilines is 3. The van der Waals surface area contributed by atoms with E-state index < -0.39 is 0 Å². The van der Waals surface area contributed by atoms with Crippen LogP contribution in [-0.4, -0.2) is 45.5 Å². The molecule has 17 heavy (non-hydrogen) atoms. The van der Waals surface area contributed by atoms with E-state index >= 15 is 0 Å². The van der Waals surface area contributed by atoms with Gasteiger partial charge in [0.15, 0.2) is 0 Å². The lowest BCUT2D eigenvalue weighted by Gasteiger charge is -2.22. The van der Waals surface area contributed by atoms with Gasteiger partial charge in [0.1, 0.15) is 0 Å². The summed E-state index contributed by atoms with van der Waals surface area (Å²) in [4.78, 5) is 14.2. The highest BCUT2D eigenvalue weighted by atomic mass is 15.2. The van der Waals surface area contributed by atoms with Crippen LogP contribution in [0, 0.1) is 0 Å². The summed E-state index contributed by atoms with van der Waals surface area (Å²) < 4.78 is 0. The summed E-state index contributed by atoms with van der Waals surface area (Å²) in [6.07, 6.45) is 2.46. The van der Waals surface area contributed by atoms with Gasteiger partial charge in [-0.05, 0) is 25.9 Å². The van der Waals surface area contributed by atoms with Gasteiger partial charge in [-0.1, -0.05) is 6.92 Å². The minimum Gasteiger partial charge on any atom is -0.368 e. The van der Waals surface area contributed by atoms with Gasteiger partial charge in [0.05, 0.1) is 0 Å². The number of likely N-dealkylation sites (N-methyl/N-ethyl adjacent to an activating group) is 1. The summed E-state index contributed by atoms with van der Waals surface area (Å²) >= 11 is 0.